The number of hydrogen-bond acceptors (Lipinski definition) is 6. The van der Waals surface area contributed by atoms with E-state index in [0.29, 0.717) is 29.6 Å². The molecule has 0 bridgehead atoms. The summed E-state index contributed by atoms with van der Waals surface area (Å²) in [6.45, 7) is 7.87. The average molecular weight is 496 g/mol. The minimum Gasteiger partial charge on any atom is -0.494 e. The molecule has 0 spiro atoms. The van der Waals surface area contributed by atoms with Crippen LogP contribution in [0.5, 0.6) is 5.75 Å². The van der Waals surface area contributed by atoms with Gasteiger partial charge in [0.25, 0.3) is 5.91 Å². The van der Waals surface area contributed by atoms with E-state index >= 15 is 0 Å². The van der Waals surface area contributed by atoms with E-state index in [1.807, 2.05) is 66.4 Å². The highest BCUT2D eigenvalue weighted by molar-refractivity contribution is 7.80. The standard InChI is InChI=1S/C26H33N5O3S/c1-3-34-22-11-9-21(10-12-22)31-25(33)23(19-24(32)27-20-7-5-4-6-8-20)30(26(31)35)18-17-29-15-13-28(2)14-16-29/h4-12,23H,3,13-19H2,1-2H3,(H,27,32)/t23-/m0/s1. The fourth-order valence-corrected chi connectivity index (χ4v) is 4.83. The van der Waals surface area contributed by atoms with E-state index in [-0.39, 0.29) is 18.2 Å². The number of para-hydroxylation sites is 1. The van der Waals surface area contributed by atoms with Crippen LogP contribution < -0.4 is 15.0 Å². The molecule has 4 rings (SSSR count). The third-order valence-electron chi connectivity index (χ3n) is 6.41. The molecule has 186 valence electrons. The molecule has 0 unspecified atom stereocenters. The van der Waals surface area contributed by atoms with Gasteiger partial charge in [0.2, 0.25) is 5.91 Å². The summed E-state index contributed by atoms with van der Waals surface area (Å²) in [5.41, 5.74) is 1.39. The van der Waals surface area contributed by atoms with Crippen LogP contribution in [-0.4, -0.2) is 90.6 Å². The normalized spacial score (nSPS) is 19.3. The summed E-state index contributed by atoms with van der Waals surface area (Å²) < 4.78 is 5.53. The van der Waals surface area contributed by atoms with Gasteiger partial charge >= 0.3 is 0 Å². The van der Waals surface area contributed by atoms with E-state index in [2.05, 4.69) is 22.2 Å². The van der Waals surface area contributed by atoms with Gasteiger partial charge in [-0.25, -0.2) is 0 Å². The van der Waals surface area contributed by atoms with Crippen molar-refractivity contribution in [2.75, 3.05) is 63.1 Å². The number of piperazine rings is 1. The fourth-order valence-electron chi connectivity index (χ4n) is 4.41. The van der Waals surface area contributed by atoms with E-state index in [4.69, 9.17) is 17.0 Å². The second-order valence-corrected chi connectivity index (χ2v) is 9.22. The van der Waals surface area contributed by atoms with Gasteiger partial charge in [-0.1, -0.05) is 18.2 Å². The zero-order chi connectivity index (χ0) is 24.8. The predicted molar refractivity (Wildman–Crippen MR) is 142 cm³/mol. The number of benzene rings is 2. The molecule has 8 nitrogen and oxygen atoms in total. The highest BCUT2D eigenvalue weighted by Crippen LogP contribution is 2.29. The Morgan fingerprint density at radius 3 is 2.37 bits per heavy atom. The Kier molecular flexibility index (Phi) is 8.33. The first-order valence-corrected chi connectivity index (χ1v) is 12.5. The van der Waals surface area contributed by atoms with Crippen molar-refractivity contribution in [2.45, 2.75) is 19.4 Å². The lowest BCUT2D eigenvalue weighted by Crippen LogP contribution is -2.48. The summed E-state index contributed by atoms with van der Waals surface area (Å²) in [6, 6.07) is 16.0. The zero-order valence-electron chi connectivity index (χ0n) is 20.4. The Balaban J connectivity index is 1.50. The van der Waals surface area contributed by atoms with Crippen LogP contribution in [0.4, 0.5) is 11.4 Å². The van der Waals surface area contributed by atoms with Crippen LogP contribution in [0.25, 0.3) is 0 Å². The summed E-state index contributed by atoms with van der Waals surface area (Å²) in [4.78, 5) is 34.6. The molecule has 1 N–H and O–H groups in total. The van der Waals surface area contributed by atoms with Gasteiger partial charge in [0.15, 0.2) is 5.11 Å². The van der Waals surface area contributed by atoms with Crippen LogP contribution >= 0.6 is 12.2 Å². The maximum absolute atomic E-state index is 13.6. The monoisotopic (exact) mass is 495 g/mol. The molecule has 9 heteroatoms. The summed E-state index contributed by atoms with van der Waals surface area (Å²) in [5.74, 6) is 0.343. The first-order chi connectivity index (χ1) is 17.0. The van der Waals surface area contributed by atoms with Gasteiger partial charge in [-0.3, -0.25) is 19.4 Å². The molecule has 2 aromatic carbocycles. The quantitative estimate of drug-likeness (QED) is 0.537. The van der Waals surface area contributed by atoms with Gasteiger partial charge in [-0.2, -0.15) is 0 Å². The molecule has 2 aliphatic heterocycles. The van der Waals surface area contributed by atoms with Crippen molar-refractivity contribution < 1.29 is 14.3 Å². The lowest BCUT2D eigenvalue weighted by Gasteiger charge is -2.34. The number of nitrogens with zero attached hydrogens (tertiary/aromatic N) is 4. The van der Waals surface area contributed by atoms with Gasteiger partial charge in [0, 0.05) is 45.0 Å². The van der Waals surface area contributed by atoms with E-state index in [0.717, 1.165) is 38.5 Å². The van der Waals surface area contributed by atoms with Gasteiger partial charge in [-0.15, -0.1) is 0 Å². The van der Waals surface area contributed by atoms with Gasteiger partial charge in [-0.05, 0) is 62.6 Å². The third-order valence-corrected chi connectivity index (χ3v) is 6.83. The fraction of sp³-hybridized carbons (Fsp3) is 0.423. The van der Waals surface area contributed by atoms with Crippen molar-refractivity contribution in [3.05, 3.63) is 54.6 Å². The second kappa shape index (κ2) is 11.6. The number of ether oxygens (including phenoxy) is 1. The Morgan fingerprint density at radius 1 is 1.03 bits per heavy atom. The highest BCUT2D eigenvalue weighted by atomic mass is 32.1. The van der Waals surface area contributed by atoms with Crippen LogP contribution in [0.3, 0.4) is 0 Å². The largest absolute Gasteiger partial charge is 0.494 e. The van der Waals surface area contributed by atoms with Crippen LogP contribution in [0, 0.1) is 0 Å². The number of hydrogen-bond donors (Lipinski definition) is 1. The molecule has 2 amide bonds. The molecule has 1 atom stereocenters. The topological polar surface area (TPSA) is 68.4 Å². The van der Waals surface area contributed by atoms with Crippen molar-refractivity contribution in [2.24, 2.45) is 0 Å². The first-order valence-electron chi connectivity index (χ1n) is 12.1. The van der Waals surface area contributed by atoms with Gasteiger partial charge in [0.1, 0.15) is 11.8 Å². The van der Waals surface area contributed by atoms with E-state index < -0.39 is 6.04 Å². The Morgan fingerprint density at radius 2 is 1.71 bits per heavy atom. The molecule has 0 saturated carbocycles. The molecule has 2 aliphatic rings. The summed E-state index contributed by atoms with van der Waals surface area (Å²) in [7, 11) is 2.13. The first kappa shape index (κ1) is 25.1. The van der Waals surface area contributed by atoms with Gasteiger partial charge in [0.05, 0.1) is 18.7 Å². The number of rotatable bonds is 9. The molecule has 0 aromatic heterocycles. The van der Waals surface area contributed by atoms with E-state index in [9.17, 15) is 9.59 Å². The van der Waals surface area contributed by atoms with Crippen molar-refractivity contribution in [1.82, 2.24) is 14.7 Å². The maximum atomic E-state index is 13.6. The second-order valence-electron chi connectivity index (χ2n) is 8.86. The molecular formula is C26H33N5O3S. The molecule has 2 heterocycles. The van der Waals surface area contributed by atoms with Crippen LogP contribution in [-0.2, 0) is 9.59 Å². The van der Waals surface area contributed by atoms with Crippen LogP contribution in [0.1, 0.15) is 13.3 Å². The summed E-state index contributed by atoms with van der Waals surface area (Å²) in [5, 5.41) is 3.34. The average Bonchev–Trinajstić information content (AvgIpc) is 3.08. The molecule has 0 aliphatic carbocycles. The molecule has 2 fully saturated rings. The number of thiocarbonyl (C=S) groups is 1. The molecule has 0 radical (unpaired) electrons. The lowest BCUT2D eigenvalue weighted by atomic mass is 10.1. The number of carbonyl (C=O) groups is 2. The number of amides is 2. The zero-order valence-corrected chi connectivity index (χ0v) is 21.2. The lowest BCUT2D eigenvalue weighted by molar-refractivity contribution is -0.124. The SMILES string of the molecule is CCOc1ccc(N2C(=O)[C@H](CC(=O)Nc3ccccc3)N(CCN3CCN(C)CC3)C2=S)cc1. The molecule has 2 aromatic rings. The van der Waals surface area contributed by atoms with Crippen molar-refractivity contribution >= 4 is 40.5 Å². The van der Waals surface area contributed by atoms with Gasteiger partial charge < -0.3 is 19.9 Å². The highest BCUT2D eigenvalue weighted by Gasteiger charge is 2.44. The van der Waals surface area contributed by atoms with Crippen molar-refractivity contribution in [1.29, 1.82) is 0 Å². The minimum atomic E-state index is -0.648. The third kappa shape index (κ3) is 6.17. The minimum absolute atomic E-state index is 0.0319. The number of anilines is 2. The molecular weight excluding hydrogens is 462 g/mol. The molecule has 35 heavy (non-hydrogen) atoms. The maximum Gasteiger partial charge on any atom is 0.256 e. The Bertz CT molecular complexity index is 1030. The van der Waals surface area contributed by atoms with Crippen LogP contribution in [0.15, 0.2) is 54.6 Å². The Hall–Kier alpha value is -3.01. The van der Waals surface area contributed by atoms with Crippen molar-refractivity contribution in [3.63, 3.8) is 0 Å². The van der Waals surface area contributed by atoms with E-state index in [1.54, 1.807) is 4.90 Å². The number of nitrogens with one attached hydrogen (secondary N) is 1. The number of likely N-dealkylation sites (N-methyl/N-ethyl adjacent to an activating group) is 1. The summed E-state index contributed by atoms with van der Waals surface area (Å²) >= 11 is 5.79. The summed E-state index contributed by atoms with van der Waals surface area (Å²) in [6.07, 6.45) is 0.0319. The smallest absolute Gasteiger partial charge is 0.256 e. The predicted octanol–water partition coefficient (Wildman–Crippen LogP) is 2.66. The Labute approximate surface area is 212 Å². The van der Waals surface area contributed by atoms with Crippen molar-refractivity contribution in [3.8, 4) is 5.75 Å². The van der Waals surface area contributed by atoms with Crippen LogP contribution in [0.2, 0.25) is 0 Å². The molecule has 2 saturated heterocycles. The number of carbonyl (C=O) groups excluding carboxylic acids is 2. The van der Waals surface area contributed by atoms with E-state index in [1.165, 1.54) is 0 Å².